The van der Waals surface area contributed by atoms with Gasteiger partial charge in [-0.25, -0.2) is 4.98 Å². The SMILES string of the molecule is Cc1nc(N(C)C)nc(NCC2(N(C)C)CCSC2)c1C. The van der Waals surface area contributed by atoms with Gasteiger partial charge in [-0.1, -0.05) is 0 Å². The molecule has 1 aromatic rings. The lowest BCUT2D eigenvalue weighted by Gasteiger charge is -2.36. The van der Waals surface area contributed by atoms with Crippen molar-refractivity contribution in [3.8, 4) is 0 Å². The Morgan fingerprint density at radius 2 is 1.90 bits per heavy atom. The van der Waals surface area contributed by atoms with E-state index in [1.54, 1.807) is 0 Å². The zero-order chi connectivity index (χ0) is 15.6. The van der Waals surface area contributed by atoms with E-state index < -0.39 is 0 Å². The van der Waals surface area contributed by atoms with E-state index >= 15 is 0 Å². The van der Waals surface area contributed by atoms with Gasteiger partial charge in [0.05, 0.1) is 0 Å². The molecule has 0 aliphatic carbocycles. The molecule has 1 aliphatic heterocycles. The average Bonchev–Trinajstić information content (AvgIpc) is 2.90. The van der Waals surface area contributed by atoms with Crippen LogP contribution < -0.4 is 10.2 Å². The Balaban J connectivity index is 2.19. The summed E-state index contributed by atoms with van der Waals surface area (Å²) in [6, 6.07) is 0. The first-order valence-electron chi connectivity index (χ1n) is 7.37. The summed E-state index contributed by atoms with van der Waals surface area (Å²) < 4.78 is 0. The van der Waals surface area contributed by atoms with Crippen LogP contribution in [0.1, 0.15) is 17.7 Å². The monoisotopic (exact) mass is 309 g/mol. The van der Waals surface area contributed by atoms with Crippen molar-refractivity contribution >= 4 is 23.5 Å². The third-order valence-electron chi connectivity index (χ3n) is 4.39. The van der Waals surface area contributed by atoms with E-state index in [0.29, 0.717) is 0 Å². The minimum absolute atomic E-state index is 0.230. The van der Waals surface area contributed by atoms with Crippen LogP contribution in [0.15, 0.2) is 0 Å². The van der Waals surface area contributed by atoms with E-state index in [4.69, 9.17) is 0 Å². The summed E-state index contributed by atoms with van der Waals surface area (Å²) in [5.41, 5.74) is 2.41. The molecule has 2 heterocycles. The molecular weight excluding hydrogens is 282 g/mol. The van der Waals surface area contributed by atoms with Crippen LogP contribution in [0.4, 0.5) is 11.8 Å². The first-order chi connectivity index (χ1) is 9.85. The second kappa shape index (κ2) is 6.40. The van der Waals surface area contributed by atoms with Gasteiger partial charge in [0.15, 0.2) is 0 Å². The third kappa shape index (κ3) is 3.43. The zero-order valence-electron chi connectivity index (χ0n) is 14.0. The number of rotatable bonds is 5. The number of aromatic nitrogens is 2. The highest BCUT2D eigenvalue weighted by Crippen LogP contribution is 2.32. The van der Waals surface area contributed by atoms with Crippen molar-refractivity contribution in [2.24, 2.45) is 0 Å². The maximum atomic E-state index is 4.66. The van der Waals surface area contributed by atoms with Gasteiger partial charge in [0.2, 0.25) is 5.95 Å². The number of hydrogen-bond acceptors (Lipinski definition) is 6. The molecule has 21 heavy (non-hydrogen) atoms. The molecule has 2 rings (SSSR count). The molecule has 6 heteroatoms. The van der Waals surface area contributed by atoms with Crippen molar-refractivity contribution in [1.82, 2.24) is 14.9 Å². The number of thioether (sulfide) groups is 1. The lowest BCUT2D eigenvalue weighted by Crippen LogP contribution is -2.50. The van der Waals surface area contributed by atoms with Crippen LogP contribution in [-0.2, 0) is 0 Å². The van der Waals surface area contributed by atoms with E-state index in [1.165, 1.54) is 17.9 Å². The topological polar surface area (TPSA) is 44.3 Å². The first-order valence-corrected chi connectivity index (χ1v) is 8.53. The van der Waals surface area contributed by atoms with Crippen molar-refractivity contribution in [3.05, 3.63) is 11.3 Å². The van der Waals surface area contributed by atoms with E-state index in [2.05, 4.69) is 41.2 Å². The summed E-state index contributed by atoms with van der Waals surface area (Å²) in [4.78, 5) is 13.5. The van der Waals surface area contributed by atoms with Gasteiger partial charge in [0.25, 0.3) is 0 Å². The number of aryl methyl sites for hydroxylation is 1. The third-order valence-corrected chi connectivity index (χ3v) is 5.63. The van der Waals surface area contributed by atoms with Crippen molar-refractivity contribution < 1.29 is 0 Å². The molecule has 5 nitrogen and oxygen atoms in total. The van der Waals surface area contributed by atoms with Gasteiger partial charge < -0.3 is 15.1 Å². The van der Waals surface area contributed by atoms with E-state index in [0.717, 1.165) is 29.6 Å². The van der Waals surface area contributed by atoms with Crippen molar-refractivity contribution in [3.63, 3.8) is 0 Å². The van der Waals surface area contributed by atoms with Crippen LogP contribution in [-0.4, -0.2) is 66.6 Å². The molecule has 0 saturated carbocycles. The van der Waals surface area contributed by atoms with Crippen LogP contribution >= 0.6 is 11.8 Å². The predicted octanol–water partition coefficient (Wildman–Crippen LogP) is 2.01. The Kier molecular flexibility index (Phi) is 4.99. The number of nitrogens with one attached hydrogen (secondary N) is 1. The number of likely N-dealkylation sites (N-methyl/N-ethyl adjacent to an activating group) is 1. The van der Waals surface area contributed by atoms with Gasteiger partial charge in [-0.2, -0.15) is 16.7 Å². The Hall–Kier alpha value is -1.01. The fourth-order valence-corrected chi connectivity index (χ4v) is 4.03. The fraction of sp³-hybridized carbons (Fsp3) is 0.733. The maximum absolute atomic E-state index is 4.66. The smallest absolute Gasteiger partial charge is 0.227 e. The molecule has 0 amide bonds. The Labute approximate surface area is 132 Å². The second-order valence-electron chi connectivity index (χ2n) is 6.25. The summed E-state index contributed by atoms with van der Waals surface area (Å²) in [6.07, 6.45) is 1.22. The first kappa shape index (κ1) is 16.4. The van der Waals surface area contributed by atoms with E-state index in [1.807, 2.05) is 37.7 Å². The number of anilines is 2. The summed E-state index contributed by atoms with van der Waals surface area (Å²) in [6.45, 7) is 5.06. The lowest BCUT2D eigenvalue weighted by molar-refractivity contribution is 0.195. The Morgan fingerprint density at radius 3 is 2.43 bits per heavy atom. The van der Waals surface area contributed by atoms with Crippen molar-refractivity contribution in [2.45, 2.75) is 25.8 Å². The van der Waals surface area contributed by atoms with Crippen LogP contribution in [0.25, 0.3) is 0 Å². The molecule has 118 valence electrons. The van der Waals surface area contributed by atoms with Crippen molar-refractivity contribution in [1.29, 1.82) is 0 Å². The van der Waals surface area contributed by atoms with Crippen LogP contribution in [0, 0.1) is 13.8 Å². The zero-order valence-corrected chi connectivity index (χ0v) is 14.8. The molecule has 1 N–H and O–H groups in total. The van der Waals surface area contributed by atoms with E-state index in [-0.39, 0.29) is 5.54 Å². The molecule has 1 aliphatic rings. The average molecular weight is 309 g/mol. The van der Waals surface area contributed by atoms with Crippen LogP contribution in [0.2, 0.25) is 0 Å². The van der Waals surface area contributed by atoms with Gasteiger partial charge >= 0.3 is 0 Å². The summed E-state index contributed by atoms with van der Waals surface area (Å²) in [7, 11) is 8.30. The largest absolute Gasteiger partial charge is 0.368 e. The molecule has 0 spiro atoms. The quantitative estimate of drug-likeness (QED) is 0.897. The van der Waals surface area contributed by atoms with Crippen LogP contribution in [0.5, 0.6) is 0 Å². The molecular formula is C15H27N5S. The second-order valence-corrected chi connectivity index (χ2v) is 7.36. The highest BCUT2D eigenvalue weighted by molar-refractivity contribution is 7.99. The van der Waals surface area contributed by atoms with Gasteiger partial charge in [-0.15, -0.1) is 0 Å². The summed E-state index contributed by atoms with van der Waals surface area (Å²) in [5, 5.41) is 3.58. The van der Waals surface area contributed by atoms with Gasteiger partial charge in [0.1, 0.15) is 5.82 Å². The predicted molar refractivity (Wildman–Crippen MR) is 92.7 cm³/mol. The van der Waals surface area contributed by atoms with Crippen molar-refractivity contribution in [2.75, 3.05) is 56.5 Å². The normalized spacial score (nSPS) is 21.9. The molecule has 1 saturated heterocycles. The summed E-state index contributed by atoms with van der Waals surface area (Å²) >= 11 is 2.04. The molecule has 1 unspecified atom stereocenters. The molecule has 1 atom stereocenters. The van der Waals surface area contributed by atoms with Crippen LogP contribution in [0.3, 0.4) is 0 Å². The van der Waals surface area contributed by atoms with E-state index in [9.17, 15) is 0 Å². The fourth-order valence-electron chi connectivity index (χ4n) is 2.48. The highest BCUT2D eigenvalue weighted by Gasteiger charge is 2.36. The van der Waals surface area contributed by atoms with Gasteiger partial charge in [-0.3, -0.25) is 0 Å². The minimum Gasteiger partial charge on any atom is -0.368 e. The standard InChI is InChI=1S/C15H27N5S/c1-11-12(2)17-14(19(3)4)18-13(11)16-9-15(20(5)6)7-8-21-10-15/h7-10H2,1-6H3,(H,16,17,18). The lowest BCUT2D eigenvalue weighted by atomic mass is 9.97. The molecule has 0 aromatic carbocycles. The molecule has 1 aromatic heterocycles. The van der Waals surface area contributed by atoms with Gasteiger partial charge in [-0.05, 0) is 40.1 Å². The molecule has 1 fully saturated rings. The Bertz CT molecular complexity index is 495. The Morgan fingerprint density at radius 1 is 1.19 bits per heavy atom. The number of hydrogen-bond donors (Lipinski definition) is 1. The minimum atomic E-state index is 0.230. The highest BCUT2D eigenvalue weighted by atomic mass is 32.2. The summed E-state index contributed by atoms with van der Waals surface area (Å²) in [5.74, 6) is 4.14. The molecule has 0 radical (unpaired) electrons. The number of nitrogens with zero attached hydrogens (tertiary/aromatic N) is 4. The van der Waals surface area contributed by atoms with Gasteiger partial charge in [0, 0.05) is 43.2 Å². The molecule has 0 bridgehead atoms. The maximum Gasteiger partial charge on any atom is 0.227 e.